The maximum absolute atomic E-state index is 6.25. The van der Waals surface area contributed by atoms with Crippen molar-refractivity contribution in [1.82, 2.24) is 0 Å². The van der Waals surface area contributed by atoms with Crippen molar-refractivity contribution in [2.75, 3.05) is 24.3 Å². The fourth-order valence-corrected chi connectivity index (χ4v) is 2.91. The highest BCUT2D eigenvalue weighted by molar-refractivity contribution is 9.10. The SMILES string of the molecule is CN(C)c1c(Cl)cccc1NCc1cc(Cl)ccc1Br. The minimum atomic E-state index is 0.669. The van der Waals surface area contributed by atoms with Crippen LogP contribution in [-0.2, 0) is 6.54 Å². The van der Waals surface area contributed by atoms with E-state index in [4.69, 9.17) is 23.2 Å². The molecule has 0 aromatic heterocycles. The molecule has 0 amide bonds. The molecule has 0 aliphatic carbocycles. The minimum absolute atomic E-state index is 0.669. The van der Waals surface area contributed by atoms with Crippen LogP contribution in [0.25, 0.3) is 0 Å². The molecule has 0 atom stereocenters. The van der Waals surface area contributed by atoms with Gasteiger partial charge in [-0.15, -0.1) is 0 Å². The first kappa shape index (κ1) is 15.5. The lowest BCUT2D eigenvalue weighted by molar-refractivity contribution is 1.10. The van der Waals surface area contributed by atoms with E-state index in [0.717, 1.165) is 31.5 Å². The van der Waals surface area contributed by atoms with Crippen molar-refractivity contribution in [2.45, 2.75) is 6.54 Å². The molecule has 0 radical (unpaired) electrons. The van der Waals surface area contributed by atoms with E-state index >= 15 is 0 Å². The van der Waals surface area contributed by atoms with E-state index < -0.39 is 0 Å². The first-order valence-electron chi connectivity index (χ1n) is 6.12. The van der Waals surface area contributed by atoms with Gasteiger partial charge in [-0.3, -0.25) is 0 Å². The number of hydrogen-bond donors (Lipinski definition) is 1. The zero-order chi connectivity index (χ0) is 14.7. The lowest BCUT2D eigenvalue weighted by Gasteiger charge is -2.20. The summed E-state index contributed by atoms with van der Waals surface area (Å²) in [6.07, 6.45) is 0. The Morgan fingerprint density at radius 3 is 2.60 bits per heavy atom. The van der Waals surface area contributed by atoms with Crippen molar-refractivity contribution in [1.29, 1.82) is 0 Å². The molecule has 5 heteroatoms. The van der Waals surface area contributed by atoms with Crippen LogP contribution in [-0.4, -0.2) is 14.1 Å². The Kier molecular flexibility index (Phi) is 5.19. The van der Waals surface area contributed by atoms with E-state index in [-0.39, 0.29) is 0 Å². The maximum Gasteiger partial charge on any atom is 0.0786 e. The molecule has 0 saturated heterocycles. The van der Waals surface area contributed by atoms with E-state index in [1.807, 2.05) is 55.4 Å². The Morgan fingerprint density at radius 1 is 1.15 bits per heavy atom. The second-order valence-corrected chi connectivity index (χ2v) is 6.32. The van der Waals surface area contributed by atoms with Crippen LogP contribution in [0.2, 0.25) is 10.0 Å². The molecule has 0 aliphatic heterocycles. The number of para-hydroxylation sites is 1. The predicted molar refractivity (Wildman–Crippen MR) is 92.3 cm³/mol. The third kappa shape index (κ3) is 3.60. The van der Waals surface area contributed by atoms with Crippen LogP contribution in [0.1, 0.15) is 5.56 Å². The molecule has 2 nitrogen and oxygen atoms in total. The Bertz CT molecular complexity index is 615. The molecule has 2 aromatic carbocycles. The average molecular weight is 374 g/mol. The van der Waals surface area contributed by atoms with Gasteiger partial charge in [0.1, 0.15) is 0 Å². The first-order chi connectivity index (χ1) is 9.49. The Hall–Kier alpha value is -0.900. The van der Waals surface area contributed by atoms with Crippen molar-refractivity contribution >= 4 is 50.5 Å². The highest BCUT2D eigenvalue weighted by Crippen LogP contribution is 2.33. The fourth-order valence-electron chi connectivity index (χ4n) is 1.98. The smallest absolute Gasteiger partial charge is 0.0786 e. The van der Waals surface area contributed by atoms with Crippen LogP contribution in [0.15, 0.2) is 40.9 Å². The molecule has 106 valence electrons. The Labute approximate surface area is 137 Å². The summed E-state index contributed by atoms with van der Waals surface area (Å²) in [5.74, 6) is 0. The molecule has 0 bridgehead atoms. The lowest BCUT2D eigenvalue weighted by atomic mass is 10.2. The van der Waals surface area contributed by atoms with Gasteiger partial charge >= 0.3 is 0 Å². The maximum atomic E-state index is 6.25. The van der Waals surface area contributed by atoms with Gasteiger partial charge in [-0.2, -0.15) is 0 Å². The molecule has 0 saturated carbocycles. The van der Waals surface area contributed by atoms with Crippen molar-refractivity contribution in [2.24, 2.45) is 0 Å². The minimum Gasteiger partial charge on any atom is -0.379 e. The molecular weight excluding hydrogens is 359 g/mol. The third-order valence-electron chi connectivity index (χ3n) is 2.91. The van der Waals surface area contributed by atoms with Crippen LogP contribution in [0.4, 0.5) is 11.4 Å². The summed E-state index contributed by atoms with van der Waals surface area (Å²) >= 11 is 15.8. The Morgan fingerprint density at radius 2 is 1.90 bits per heavy atom. The van der Waals surface area contributed by atoms with Gasteiger partial charge in [-0.05, 0) is 35.9 Å². The molecule has 0 spiro atoms. The van der Waals surface area contributed by atoms with Crippen LogP contribution in [0, 0.1) is 0 Å². The molecule has 20 heavy (non-hydrogen) atoms. The highest BCUT2D eigenvalue weighted by atomic mass is 79.9. The largest absolute Gasteiger partial charge is 0.379 e. The van der Waals surface area contributed by atoms with Crippen LogP contribution in [0.3, 0.4) is 0 Å². The number of hydrogen-bond acceptors (Lipinski definition) is 2. The van der Waals surface area contributed by atoms with Crippen molar-refractivity contribution in [3.8, 4) is 0 Å². The molecule has 0 unspecified atom stereocenters. The zero-order valence-electron chi connectivity index (χ0n) is 11.3. The Balaban J connectivity index is 2.23. The summed E-state index contributed by atoms with van der Waals surface area (Å²) < 4.78 is 1.03. The van der Waals surface area contributed by atoms with Gasteiger partial charge < -0.3 is 10.2 Å². The molecule has 2 aromatic rings. The van der Waals surface area contributed by atoms with Crippen molar-refractivity contribution in [3.05, 3.63) is 56.5 Å². The number of rotatable bonds is 4. The van der Waals surface area contributed by atoms with Gasteiger partial charge in [0.2, 0.25) is 0 Å². The van der Waals surface area contributed by atoms with E-state index in [0.29, 0.717) is 6.54 Å². The van der Waals surface area contributed by atoms with Crippen LogP contribution in [0.5, 0.6) is 0 Å². The standard InChI is InChI=1S/C15H15BrCl2N2/c1-20(2)15-13(18)4-3-5-14(15)19-9-10-8-11(17)6-7-12(10)16/h3-8,19H,9H2,1-2H3. The first-order valence-corrected chi connectivity index (χ1v) is 7.67. The molecule has 0 heterocycles. The van der Waals surface area contributed by atoms with Gasteiger partial charge in [0.15, 0.2) is 0 Å². The topological polar surface area (TPSA) is 15.3 Å². The zero-order valence-corrected chi connectivity index (χ0v) is 14.4. The summed E-state index contributed by atoms with van der Waals surface area (Å²) in [6.45, 7) is 0.669. The van der Waals surface area contributed by atoms with Crippen molar-refractivity contribution < 1.29 is 0 Å². The summed E-state index contributed by atoms with van der Waals surface area (Å²) in [5, 5.41) is 4.86. The highest BCUT2D eigenvalue weighted by Gasteiger charge is 2.09. The summed E-state index contributed by atoms with van der Waals surface area (Å²) in [5.41, 5.74) is 3.07. The fraction of sp³-hybridized carbons (Fsp3) is 0.200. The van der Waals surface area contributed by atoms with Gasteiger partial charge in [0.25, 0.3) is 0 Å². The predicted octanol–water partition coefficient (Wildman–Crippen LogP) is 5.43. The summed E-state index contributed by atoms with van der Waals surface area (Å²) in [6, 6.07) is 11.6. The van der Waals surface area contributed by atoms with Gasteiger partial charge in [0, 0.05) is 30.1 Å². The molecule has 2 rings (SSSR count). The number of benzene rings is 2. The lowest BCUT2D eigenvalue weighted by Crippen LogP contribution is -2.13. The van der Waals surface area contributed by atoms with E-state index in [9.17, 15) is 0 Å². The normalized spacial score (nSPS) is 10.4. The summed E-state index contributed by atoms with van der Waals surface area (Å²) in [7, 11) is 3.95. The quantitative estimate of drug-likeness (QED) is 0.768. The average Bonchev–Trinajstić information content (AvgIpc) is 2.39. The van der Waals surface area contributed by atoms with Crippen LogP contribution >= 0.6 is 39.1 Å². The van der Waals surface area contributed by atoms with E-state index in [2.05, 4.69) is 21.2 Å². The molecule has 1 N–H and O–H groups in total. The van der Waals surface area contributed by atoms with Gasteiger partial charge in [0.05, 0.1) is 16.4 Å². The summed E-state index contributed by atoms with van der Waals surface area (Å²) in [4.78, 5) is 2.00. The molecular formula is C15H15BrCl2N2. The number of nitrogens with one attached hydrogen (secondary N) is 1. The second kappa shape index (κ2) is 6.70. The molecule has 0 fully saturated rings. The van der Waals surface area contributed by atoms with Crippen molar-refractivity contribution in [3.63, 3.8) is 0 Å². The monoisotopic (exact) mass is 372 g/mol. The van der Waals surface area contributed by atoms with E-state index in [1.165, 1.54) is 0 Å². The van der Waals surface area contributed by atoms with Gasteiger partial charge in [-0.25, -0.2) is 0 Å². The van der Waals surface area contributed by atoms with Crippen LogP contribution < -0.4 is 10.2 Å². The molecule has 0 aliphatic rings. The second-order valence-electron chi connectivity index (χ2n) is 4.62. The third-order valence-corrected chi connectivity index (χ3v) is 4.22. The van der Waals surface area contributed by atoms with E-state index in [1.54, 1.807) is 0 Å². The van der Waals surface area contributed by atoms with Gasteiger partial charge in [-0.1, -0.05) is 45.2 Å². The number of nitrogens with zero attached hydrogens (tertiary/aromatic N) is 1. The number of halogens is 3. The number of anilines is 2.